The number of carbonyl (C=O) groups excluding carboxylic acids is 3. The van der Waals surface area contributed by atoms with Crippen molar-refractivity contribution >= 4 is 75.8 Å². The van der Waals surface area contributed by atoms with Crippen LogP contribution in [0.2, 0.25) is 10.0 Å². The number of anilines is 2. The number of nitrogens with one attached hydrogen (secondary N) is 2. The van der Waals surface area contributed by atoms with Crippen LogP contribution in [0.15, 0.2) is 66.7 Å². The van der Waals surface area contributed by atoms with Gasteiger partial charge in [-0.2, -0.15) is 0 Å². The number of hydrogen-bond acceptors (Lipinski definition) is 6. The maximum absolute atomic E-state index is 12.9. The van der Waals surface area contributed by atoms with Gasteiger partial charge in [0.1, 0.15) is 12.4 Å². The van der Waals surface area contributed by atoms with E-state index in [-0.39, 0.29) is 48.4 Å². The average Bonchev–Trinajstić information content (AvgIpc) is 2.96. The third-order valence-corrected chi connectivity index (χ3v) is 6.99. The first-order valence-electron chi connectivity index (χ1n) is 12.7. The standard InChI is InChI=1S/C30H28Cl2N4O5.ClH/c1-4-40-29(38)20-10-6-8-12-24(20)35-30(39)33-16-27(37)36(3)25-14-13-22(31)21(28(25)32)17-41-26-15-19-9-5-7-11-23(19)34-18(26)2;/h5-15H,4,16-17H2,1-3H3,(H2,33,35,39);1H. The molecule has 0 unspecified atom stereocenters. The van der Waals surface area contributed by atoms with Crippen molar-refractivity contribution in [3.63, 3.8) is 0 Å². The lowest BCUT2D eigenvalue weighted by molar-refractivity contribution is -0.117. The summed E-state index contributed by atoms with van der Waals surface area (Å²) in [6, 6.07) is 18.6. The molecule has 9 nitrogen and oxygen atoms in total. The van der Waals surface area contributed by atoms with Gasteiger partial charge in [-0.15, -0.1) is 12.4 Å². The summed E-state index contributed by atoms with van der Waals surface area (Å²) in [4.78, 5) is 43.5. The molecule has 220 valence electrons. The largest absolute Gasteiger partial charge is 0.487 e. The number of rotatable bonds is 9. The van der Waals surface area contributed by atoms with Gasteiger partial charge in [-0.05, 0) is 50.2 Å². The van der Waals surface area contributed by atoms with Crippen molar-refractivity contribution in [1.82, 2.24) is 10.3 Å². The molecule has 0 aliphatic rings. The molecule has 3 amide bonds. The van der Waals surface area contributed by atoms with Crippen LogP contribution in [0.3, 0.4) is 0 Å². The molecule has 1 aromatic heterocycles. The third kappa shape index (κ3) is 7.61. The van der Waals surface area contributed by atoms with Crippen molar-refractivity contribution in [2.45, 2.75) is 20.5 Å². The number of pyridine rings is 1. The van der Waals surface area contributed by atoms with Crippen molar-refractivity contribution in [2.24, 2.45) is 0 Å². The summed E-state index contributed by atoms with van der Waals surface area (Å²) in [5.74, 6) is -0.418. The number of para-hydroxylation sites is 2. The lowest BCUT2D eigenvalue weighted by atomic mass is 10.1. The first-order valence-corrected chi connectivity index (χ1v) is 13.5. The van der Waals surface area contributed by atoms with Crippen LogP contribution < -0.4 is 20.3 Å². The fourth-order valence-electron chi connectivity index (χ4n) is 4.02. The summed E-state index contributed by atoms with van der Waals surface area (Å²) in [7, 11) is 1.54. The van der Waals surface area contributed by atoms with Gasteiger partial charge in [0.2, 0.25) is 5.91 Å². The van der Waals surface area contributed by atoms with Crippen LogP contribution in [0, 0.1) is 6.92 Å². The number of aryl methyl sites for hydroxylation is 1. The minimum absolute atomic E-state index is 0. The van der Waals surface area contributed by atoms with Crippen LogP contribution in [-0.2, 0) is 16.1 Å². The highest BCUT2D eigenvalue weighted by Crippen LogP contribution is 2.35. The van der Waals surface area contributed by atoms with Gasteiger partial charge in [0.05, 0.1) is 46.3 Å². The Labute approximate surface area is 259 Å². The highest BCUT2D eigenvalue weighted by Gasteiger charge is 2.20. The summed E-state index contributed by atoms with van der Waals surface area (Å²) in [5, 5.41) is 6.63. The second-order valence-electron chi connectivity index (χ2n) is 8.94. The maximum Gasteiger partial charge on any atom is 0.340 e. The molecule has 4 rings (SSSR count). The quantitative estimate of drug-likeness (QED) is 0.196. The fourth-order valence-corrected chi connectivity index (χ4v) is 4.63. The molecule has 0 saturated heterocycles. The molecule has 0 saturated carbocycles. The van der Waals surface area contributed by atoms with Gasteiger partial charge in [-0.1, -0.05) is 53.5 Å². The minimum atomic E-state index is -0.667. The van der Waals surface area contributed by atoms with Gasteiger partial charge in [0.25, 0.3) is 0 Å². The van der Waals surface area contributed by atoms with Crippen LogP contribution >= 0.6 is 35.6 Å². The van der Waals surface area contributed by atoms with E-state index in [1.165, 1.54) is 18.0 Å². The normalized spacial score (nSPS) is 10.4. The van der Waals surface area contributed by atoms with Crippen molar-refractivity contribution < 1.29 is 23.9 Å². The molecule has 0 aliphatic heterocycles. The Kier molecular flexibility index (Phi) is 11.4. The molecule has 0 spiro atoms. The van der Waals surface area contributed by atoms with E-state index in [1.54, 1.807) is 37.3 Å². The number of amides is 3. The summed E-state index contributed by atoms with van der Waals surface area (Å²) >= 11 is 13.1. The smallest absolute Gasteiger partial charge is 0.340 e. The molecular weight excluding hydrogens is 603 g/mol. The number of likely N-dealkylation sites (N-methyl/N-ethyl adjacent to an activating group) is 1. The molecule has 0 atom stereocenters. The summed E-state index contributed by atoms with van der Waals surface area (Å²) in [6.07, 6.45) is 0. The molecule has 0 fully saturated rings. The van der Waals surface area contributed by atoms with E-state index in [4.69, 9.17) is 32.7 Å². The number of halogens is 3. The lowest BCUT2D eigenvalue weighted by Gasteiger charge is -2.21. The minimum Gasteiger partial charge on any atom is -0.487 e. The Morgan fingerprint density at radius 1 is 1.00 bits per heavy atom. The molecule has 4 aromatic rings. The number of urea groups is 1. The molecule has 2 N–H and O–H groups in total. The summed E-state index contributed by atoms with van der Waals surface area (Å²) in [6.45, 7) is 3.45. The van der Waals surface area contributed by atoms with Gasteiger partial charge in [0, 0.05) is 23.0 Å². The van der Waals surface area contributed by atoms with E-state index in [2.05, 4.69) is 15.6 Å². The van der Waals surface area contributed by atoms with E-state index < -0.39 is 17.9 Å². The average molecular weight is 632 g/mol. The number of benzene rings is 3. The van der Waals surface area contributed by atoms with Gasteiger partial charge in [0.15, 0.2) is 0 Å². The second kappa shape index (κ2) is 14.7. The Morgan fingerprint density at radius 2 is 1.71 bits per heavy atom. The number of aromatic nitrogens is 1. The molecule has 3 aromatic carbocycles. The van der Waals surface area contributed by atoms with Gasteiger partial charge < -0.3 is 25.0 Å². The van der Waals surface area contributed by atoms with Crippen molar-refractivity contribution in [2.75, 3.05) is 30.4 Å². The first kappa shape index (κ1) is 32.5. The highest BCUT2D eigenvalue weighted by atomic mass is 35.5. The Bertz CT molecular complexity index is 1620. The second-order valence-corrected chi connectivity index (χ2v) is 9.72. The van der Waals surface area contributed by atoms with Crippen LogP contribution in [0.25, 0.3) is 10.9 Å². The van der Waals surface area contributed by atoms with Crippen LogP contribution in [0.1, 0.15) is 28.5 Å². The zero-order valence-corrected chi connectivity index (χ0v) is 25.4. The molecule has 0 radical (unpaired) electrons. The van der Waals surface area contributed by atoms with Crippen LogP contribution in [0.4, 0.5) is 16.2 Å². The van der Waals surface area contributed by atoms with E-state index >= 15 is 0 Å². The number of hydrogen-bond donors (Lipinski definition) is 2. The van der Waals surface area contributed by atoms with Gasteiger partial charge in [-0.25, -0.2) is 14.6 Å². The van der Waals surface area contributed by atoms with Crippen molar-refractivity contribution in [3.05, 3.63) is 93.6 Å². The molecule has 0 aliphatic carbocycles. The predicted molar refractivity (Wildman–Crippen MR) is 167 cm³/mol. The number of esters is 1. The van der Waals surface area contributed by atoms with E-state index in [0.717, 1.165) is 10.9 Å². The number of ether oxygens (including phenoxy) is 2. The van der Waals surface area contributed by atoms with Crippen LogP contribution in [-0.4, -0.2) is 43.1 Å². The molecular formula is C30H29Cl3N4O5. The Morgan fingerprint density at radius 3 is 2.48 bits per heavy atom. The number of carbonyl (C=O) groups is 3. The van der Waals surface area contributed by atoms with E-state index in [1.807, 2.05) is 37.3 Å². The first-order chi connectivity index (χ1) is 19.7. The maximum atomic E-state index is 12.9. The highest BCUT2D eigenvalue weighted by molar-refractivity contribution is 6.38. The predicted octanol–water partition coefficient (Wildman–Crippen LogP) is 6.81. The fraction of sp³-hybridized carbons (Fsp3) is 0.200. The van der Waals surface area contributed by atoms with Crippen molar-refractivity contribution in [3.8, 4) is 5.75 Å². The van der Waals surface area contributed by atoms with Crippen molar-refractivity contribution in [1.29, 1.82) is 0 Å². The van der Waals surface area contributed by atoms with Gasteiger partial charge >= 0.3 is 12.0 Å². The zero-order chi connectivity index (χ0) is 29.5. The number of nitrogens with zero attached hydrogens (tertiary/aromatic N) is 2. The van der Waals surface area contributed by atoms with E-state index in [0.29, 0.717) is 27.7 Å². The molecule has 1 heterocycles. The Balaban J connectivity index is 0.00000484. The van der Waals surface area contributed by atoms with Gasteiger partial charge in [-0.3, -0.25) is 4.79 Å². The molecule has 0 bridgehead atoms. The lowest BCUT2D eigenvalue weighted by Crippen LogP contribution is -2.40. The number of fused-ring (bicyclic) bond motifs is 1. The zero-order valence-electron chi connectivity index (χ0n) is 23.1. The summed E-state index contributed by atoms with van der Waals surface area (Å²) in [5.41, 5.74) is 2.92. The topological polar surface area (TPSA) is 110 Å². The van der Waals surface area contributed by atoms with Crippen LogP contribution in [0.5, 0.6) is 5.75 Å². The monoisotopic (exact) mass is 630 g/mol. The third-order valence-electron chi connectivity index (χ3n) is 6.21. The molecule has 12 heteroatoms. The Hall–Kier alpha value is -4.05. The summed E-state index contributed by atoms with van der Waals surface area (Å²) < 4.78 is 11.0. The van der Waals surface area contributed by atoms with E-state index in [9.17, 15) is 14.4 Å². The SMILES string of the molecule is CCOC(=O)c1ccccc1NC(=O)NCC(=O)N(C)c1ccc(Cl)c(COc2cc3ccccc3nc2C)c1Cl.Cl. The molecule has 42 heavy (non-hydrogen) atoms.